The largest absolute Gasteiger partial charge is 0.416 e. The summed E-state index contributed by atoms with van der Waals surface area (Å²) >= 11 is 5.80. The van der Waals surface area contributed by atoms with Crippen LogP contribution in [0.5, 0.6) is 0 Å². The van der Waals surface area contributed by atoms with Crippen LogP contribution in [0.3, 0.4) is 0 Å². The molecular weight excluding hydrogens is 243 g/mol. The molecule has 1 aromatic rings. The second-order valence-electron chi connectivity index (χ2n) is 3.42. The van der Waals surface area contributed by atoms with Crippen LogP contribution in [0, 0.1) is 6.92 Å². The van der Waals surface area contributed by atoms with Gasteiger partial charge in [0.1, 0.15) is 0 Å². The third-order valence-electron chi connectivity index (χ3n) is 1.99. The lowest BCUT2D eigenvalue weighted by molar-refractivity contribution is -0.198. The number of halogens is 4. The molecule has 90 valence electrons. The number of hydrogen-bond donors (Lipinski definition) is 2. The van der Waals surface area contributed by atoms with E-state index in [1.165, 1.54) is 0 Å². The third kappa shape index (κ3) is 3.57. The lowest BCUT2D eigenvalue weighted by Gasteiger charge is -2.16. The van der Waals surface area contributed by atoms with E-state index < -0.39 is 18.8 Å². The molecule has 2 N–H and O–H groups in total. The fourth-order valence-electron chi connectivity index (χ4n) is 1.09. The summed E-state index contributed by atoms with van der Waals surface area (Å²) in [5.74, 6) is 0. The Kier molecular flexibility index (Phi) is 4.04. The molecule has 0 saturated heterocycles. The van der Waals surface area contributed by atoms with E-state index in [-0.39, 0.29) is 0 Å². The van der Waals surface area contributed by atoms with Crippen molar-refractivity contribution in [2.45, 2.75) is 19.2 Å². The van der Waals surface area contributed by atoms with E-state index in [0.29, 0.717) is 10.7 Å². The number of aliphatic hydroxyl groups is 1. The van der Waals surface area contributed by atoms with Gasteiger partial charge in [-0.05, 0) is 24.6 Å². The van der Waals surface area contributed by atoms with Gasteiger partial charge in [0.15, 0.2) is 6.10 Å². The summed E-state index contributed by atoms with van der Waals surface area (Å²) in [4.78, 5) is 0. The summed E-state index contributed by atoms with van der Waals surface area (Å²) in [5, 5.41) is 11.5. The minimum absolute atomic E-state index is 0.328. The van der Waals surface area contributed by atoms with Gasteiger partial charge >= 0.3 is 6.18 Å². The van der Waals surface area contributed by atoms with Gasteiger partial charge in [0.25, 0.3) is 0 Å². The van der Waals surface area contributed by atoms with Gasteiger partial charge in [-0.1, -0.05) is 17.7 Å². The molecule has 0 aliphatic rings. The maximum Gasteiger partial charge on any atom is 0.416 e. The van der Waals surface area contributed by atoms with Gasteiger partial charge in [0, 0.05) is 6.54 Å². The van der Waals surface area contributed by atoms with Gasteiger partial charge in [-0.2, -0.15) is 13.2 Å². The topological polar surface area (TPSA) is 32.3 Å². The Balaban J connectivity index is 2.62. The first-order valence-electron chi connectivity index (χ1n) is 4.55. The number of nitrogens with one attached hydrogen (secondary N) is 1. The Morgan fingerprint density at radius 1 is 1.44 bits per heavy atom. The van der Waals surface area contributed by atoms with E-state index >= 15 is 0 Å². The first kappa shape index (κ1) is 13.1. The van der Waals surface area contributed by atoms with Gasteiger partial charge in [0.05, 0.1) is 10.7 Å². The molecule has 1 aromatic carbocycles. The molecule has 1 unspecified atom stereocenters. The van der Waals surface area contributed by atoms with Crippen LogP contribution in [0.2, 0.25) is 5.02 Å². The smallest absolute Gasteiger partial charge is 0.382 e. The van der Waals surface area contributed by atoms with Crippen LogP contribution in [0.25, 0.3) is 0 Å². The normalized spacial score (nSPS) is 13.6. The number of benzene rings is 1. The Labute approximate surface area is 96.0 Å². The van der Waals surface area contributed by atoms with E-state index in [0.717, 1.165) is 5.56 Å². The van der Waals surface area contributed by atoms with Crippen molar-refractivity contribution in [2.75, 3.05) is 11.9 Å². The van der Waals surface area contributed by atoms with Crippen molar-refractivity contribution < 1.29 is 18.3 Å². The predicted molar refractivity (Wildman–Crippen MR) is 56.7 cm³/mol. The molecule has 0 saturated carbocycles. The first-order chi connectivity index (χ1) is 7.30. The molecule has 6 heteroatoms. The van der Waals surface area contributed by atoms with Crippen molar-refractivity contribution in [3.05, 3.63) is 28.8 Å². The number of rotatable bonds is 3. The number of anilines is 1. The molecule has 0 aliphatic carbocycles. The number of aliphatic hydroxyl groups excluding tert-OH is 1. The monoisotopic (exact) mass is 253 g/mol. The fraction of sp³-hybridized carbons (Fsp3) is 0.400. The summed E-state index contributed by atoms with van der Waals surface area (Å²) in [6, 6.07) is 4.92. The Morgan fingerprint density at radius 3 is 2.56 bits per heavy atom. The number of aryl methyl sites for hydroxylation is 1. The van der Waals surface area contributed by atoms with E-state index in [2.05, 4.69) is 5.32 Å². The van der Waals surface area contributed by atoms with E-state index in [9.17, 15) is 13.2 Å². The second kappa shape index (κ2) is 4.93. The summed E-state index contributed by atoms with van der Waals surface area (Å²) in [7, 11) is 0. The van der Waals surface area contributed by atoms with Gasteiger partial charge in [-0.25, -0.2) is 0 Å². The van der Waals surface area contributed by atoms with Crippen molar-refractivity contribution in [1.82, 2.24) is 0 Å². The van der Waals surface area contributed by atoms with Gasteiger partial charge < -0.3 is 10.4 Å². The molecule has 1 atom stereocenters. The van der Waals surface area contributed by atoms with Crippen LogP contribution in [0.15, 0.2) is 18.2 Å². The van der Waals surface area contributed by atoms with Crippen LogP contribution in [0.4, 0.5) is 18.9 Å². The molecule has 0 bridgehead atoms. The van der Waals surface area contributed by atoms with Crippen molar-refractivity contribution in [1.29, 1.82) is 0 Å². The maximum absolute atomic E-state index is 12.0. The molecule has 0 spiro atoms. The quantitative estimate of drug-likeness (QED) is 0.868. The highest BCUT2D eigenvalue weighted by atomic mass is 35.5. The lowest BCUT2D eigenvalue weighted by atomic mass is 10.2. The van der Waals surface area contributed by atoms with E-state index in [1.807, 2.05) is 6.92 Å². The van der Waals surface area contributed by atoms with Gasteiger partial charge in [-0.15, -0.1) is 0 Å². The molecular formula is C10H11ClF3NO. The molecule has 0 aromatic heterocycles. The first-order valence-corrected chi connectivity index (χ1v) is 4.93. The fourth-order valence-corrected chi connectivity index (χ4v) is 1.39. The zero-order valence-electron chi connectivity index (χ0n) is 8.48. The maximum atomic E-state index is 12.0. The number of hydrogen-bond acceptors (Lipinski definition) is 2. The average Bonchev–Trinajstić information content (AvgIpc) is 2.14. The Hall–Kier alpha value is -0.940. The van der Waals surface area contributed by atoms with Crippen molar-refractivity contribution in [2.24, 2.45) is 0 Å². The van der Waals surface area contributed by atoms with E-state index in [4.69, 9.17) is 16.7 Å². The number of alkyl halides is 3. The highest BCUT2D eigenvalue weighted by molar-refractivity contribution is 6.33. The van der Waals surface area contributed by atoms with Crippen molar-refractivity contribution in [3.8, 4) is 0 Å². The molecule has 0 fully saturated rings. The summed E-state index contributed by atoms with van der Waals surface area (Å²) < 4.78 is 36.0. The average molecular weight is 254 g/mol. The molecule has 16 heavy (non-hydrogen) atoms. The van der Waals surface area contributed by atoms with E-state index in [1.54, 1.807) is 18.2 Å². The SMILES string of the molecule is Cc1ccc(NCC(O)C(F)(F)F)c(Cl)c1. The molecule has 2 nitrogen and oxygen atoms in total. The zero-order valence-corrected chi connectivity index (χ0v) is 9.23. The molecule has 0 radical (unpaired) electrons. The van der Waals surface area contributed by atoms with Crippen LogP contribution in [0.1, 0.15) is 5.56 Å². The molecule has 0 aliphatic heterocycles. The Morgan fingerprint density at radius 2 is 2.06 bits per heavy atom. The molecule has 1 rings (SSSR count). The zero-order chi connectivity index (χ0) is 12.3. The minimum atomic E-state index is -4.62. The second-order valence-corrected chi connectivity index (χ2v) is 3.83. The minimum Gasteiger partial charge on any atom is -0.382 e. The van der Waals surface area contributed by atoms with Crippen molar-refractivity contribution in [3.63, 3.8) is 0 Å². The summed E-state index contributed by atoms with van der Waals surface area (Å²) in [6.07, 6.45) is -7.02. The van der Waals surface area contributed by atoms with Crippen LogP contribution >= 0.6 is 11.6 Å². The van der Waals surface area contributed by atoms with Crippen LogP contribution < -0.4 is 5.32 Å². The predicted octanol–water partition coefficient (Wildman–Crippen LogP) is 2.98. The standard InChI is InChI=1S/C10H11ClF3NO/c1-6-2-3-8(7(11)4-6)15-5-9(16)10(12,13)14/h2-4,9,15-16H,5H2,1H3. The van der Waals surface area contributed by atoms with Gasteiger partial charge in [0.2, 0.25) is 0 Å². The molecule has 0 amide bonds. The summed E-state index contributed by atoms with van der Waals surface area (Å²) in [6.45, 7) is 1.20. The Bertz CT molecular complexity index is 368. The van der Waals surface area contributed by atoms with Gasteiger partial charge in [-0.3, -0.25) is 0 Å². The van der Waals surface area contributed by atoms with Crippen LogP contribution in [-0.2, 0) is 0 Å². The lowest BCUT2D eigenvalue weighted by Crippen LogP contribution is -2.35. The highest BCUT2D eigenvalue weighted by Crippen LogP contribution is 2.24. The van der Waals surface area contributed by atoms with Crippen LogP contribution in [-0.4, -0.2) is 23.9 Å². The highest BCUT2D eigenvalue weighted by Gasteiger charge is 2.37. The molecule has 0 heterocycles. The summed E-state index contributed by atoms with van der Waals surface area (Å²) in [5.41, 5.74) is 1.28. The third-order valence-corrected chi connectivity index (χ3v) is 2.30. The van der Waals surface area contributed by atoms with Crippen molar-refractivity contribution >= 4 is 17.3 Å².